The molecule has 1 aromatic heterocycles. The van der Waals surface area contributed by atoms with Crippen molar-refractivity contribution in [1.82, 2.24) is 9.47 Å². The molecule has 0 amide bonds. The lowest BCUT2D eigenvalue weighted by molar-refractivity contribution is 0.0909. The van der Waals surface area contributed by atoms with E-state index < -0.39 is 0 Å². The van der Waals surface area contributed by atoms with Crippen LogP contribution in [0.1, 0.15) is 36.0 Å². The number of aromatic nitrogens is 1. The number of carbonyl (C=O) groups excluding carboxylic acids is 1. The molecule has 0 atom stereocenters. The first-order valence-electron chi connectivity index (χ1n) is 8.25. The third-order valence-corrected chi connectivity index (χ3v) is 4.52. The minimum absolute atomic E-state index is 0.156. The first-order chi connectivity index (χ1) is 10.8. The largest absolute Gasteiger partial charge is 0.303 e. The zero-order valence-corrected chi connectivity index (χ0v) is 13.1. The summed E-state index contributed by atoms with van der Waals surface area (Å²) in [6, 6.07) is 8.23. The van der Waals surface area contributed by atoms with Crippen molar-refractivity contribution in [2.45, 2.75) is 32.1 Å². The third-order valence-electron chi connectivity index (χ3n) is 4.52. The average molecular weight is 296 g/mol. The molecule has 3 heteroatoms. The molecule has 0 bridgehead atoms. The van der Waals surface area contributed by atoms with Gasteiger partial charge in [0.1, 0.15) is 0 Å². The van der Waals surface area contributed by atoms with Gasteiger partial charge in [-0.25, -0.2) is 0 Å². The van der Waals surface area contributed by atoms with Gasteiger partial charge in [0.15, 0.2) is 0 Å². The highest BCUT2D eigenvalue weighted by molar-refractivity contribution is 5.94. The number of para-hydroxylation sites is 1. The van der Waals surface area contributed by atoms with Gasteiger partial charge in [-0.1, -0.05) is 24.3 Å². The topological polar surface area (TPSA) is 25.2 Å². The van der Waals surface area contributed by atoms with Gasteiger partial charge in [-0.05, 0) is 50.4 Å². The second kappa shape index (κ2) is 6.93. The van der Waals surface area contributed by atoms with Crippen LogP contribution in [0.15, 0.2) is 43.1 Å². The Bertz CT molecular complexity index is 665. The maximum Gasteiger partial charge on any atom is 0.231 e. The van der Waals surface area contributed by atoms with Crippen LogP contribution in [0.5, 0.6) is 0 Å². The maximum atomic E-state index is 12.4. The highest BCUT2D eigenvalue weighted by atomic mass is 16.2. The first kappa shape index (κ1) is 15.0. The molecular formula is C19H24N2O. The number of carbonyl (C=O) groups is 1. The predicted molar refractivity (Wildman–Crippen MR) is 91.4 cm³/mol. The number of nitrogens with zero attached hydrogens (tertiary/aromatic N) is 2. The SMILES string of the molecule is C=CCCC(=O)n1cc(CCN2CCCC2)c2ccccc21. The minimum atomic E-state index is 0.156. The van der Waals surface area contributed by atoms with E-state index in [4.69, 9.17) is 0 Å². The van der Waals surface area contributed by atoms with Crippen LogP contribution >= 0.6 is 0 Å². The highest BCUT2D eigenvalue weighted by Crippen LogP contribution is 2.23. The molecule has 0 spiro atoms. The van der Waals surface area contributed by atoms with Gasteiger partial charge in [-0.2, -0.15) is 0 Å². The smallest absolute Gasteiger partial charge is 0.231 e. The quantitative estimate of drug-likeness (QED) is 0.756. The van der Waals surface area contributed by atoms with Crippen molar-refractivity contribution < 1.29 is 4.79 Å². The molecule has 0 aliphatic carbocycles. The fraction of sp³-hybridized carbons (Fsp3) is 0.421. The van der Waals surface area contributed by atoms with E-state index in [1.807, 2.05) is 22.9 Å². The molecule has 0 unspecified atom stereocenters. The van der Waals surface area contributed by atoms with Crippen molar-refractivity contribution in [2.24, 2.45) is 0 Å². The van der Waals surface area contributed by atoms with E-state index in [0.717, 1.165) is 24.9 Å². The molecule has 1 aromatic carbocycles. The van der Waals surface area contributed by atoms with E-state index in [9.17, 15) is 4.79 Å². The van der Waals surface area contributed by atoms with Crippen LogP contribution in [0.2, 0.25) is 0 Å². The number of rotatable bonds is 6. The van der Waals surface area contributed by atoms with Gasteiger partial charge in [0.05, 0.1) is 5.52 Å². The van der Waals surface area contributed by atoms with Gasteiger partial charge in [0.2, 0.25) is 5.91 Å². The summed E-state index contributed by atoms with van der Waals surface area (Å²) in [5, 5.41) is 1.22. The highest BCUT2D eigenvalue weighted by Gasteiger charge is 2.15. The summed E-state index contributed by atoms with van der Waals surface area (Å²) in [6.45, 7) is 7.23. The molecule has 116 valence electrons. The van der Waals surface area contributed by atoms with Crippen molar-refractivity contribution in [2.75, 3.05) is 19.6 Å². The second-order valence-electron chi connectivity index (χ2n) is 6.06. The summed E-state index contributed by atoms with van der Waals surface area (Å²) in [5.74, 6) is 0.156. The molecule has 3 rings (SSSR count). The number of likely N-dealkylation sites (tertiary alicyclic amines) is 1. The van der Waals surface area contributed by atoms with Crippen LogP contribution < -0.4 is 0 Å². The fourth-order valence-electron chi connectivity index (χ4n) is 3.29. The molecule has 22 heavy (non-hydrogen) atoms. The Morgan fingerprint density at radius 3 is 2.77 bits per heavy atom. The normalized spacial score (nSPS) is 15.5. The molecule has 2 aromatic rings. The molecule has 0 N–H and O–H groups in total. The fourth-order valence-corrected chi connectivity index (χ4v) is 3.29. The zero-order chi connectivity index (χ0) is 15.4. The Balaban J connectivity index is 1.83. The number of allylic oxidation sites excluding steroid dienone is 1. The lowest BCUT2D eigenvalue weighted by atomic mass is 10.1. The maximum absolute atomic E-state index is 12.4. The molecule has 2 heterocycles. The molecule has 0 radical (unpaired) electrons. The molecule has 1 aliphatic rings. The molecule has 0 saturated carbocycles. The van der Waals surface area contributed by atoms with Crippen LogP contribution in [-0.2, 0) is 6.42 Å². The third kappa shape index (κ3) is 3.14. The van der Waals surface area contributed by atoms with Crippen molar-refractivity contribution in [3.05, 3.63) is 48.7 Å². The van der Waals surface area contributed by atoms with Crippen LogP contribution in [0.4, 0.5) is 0 Å². The van der Waals surface area contributed by atoms with Crippen LogP contribution in [0, 0.1) is 0 Å². The number of benzene rings is 1. The van der Waals surface area contributed by atoms with E-state index in [2.05, 4.69) is 23.6 Å². The van der Waals surface area contributed by atoms with E-state index in [1.54, 1.807) is 6.08 Å². The molecule has 1 aliphatic heterocycles. The van der Waals surface area contributed by atoms with Crippen molar-refractivity contribution in [1.29, 1.82) is 0 Å². The predicted octanol–water partition coefficient (Wildman–Crippen LogP) is 3.89. The Kier molecular flexibility index (Phi) is 4.74. The number of hydrogen-bond donors (Lipinski definition) is 0. The van der Waals surface area contributed by atoms with Gasteiger partial charge in [0, 0.05) is 24.5 Å². The standard InChI is InChI=1S/C19H24N2O/c1-2-3-10-19(22)21-15-16(11-14-20-12-6-7-13-20)17-8-4-5-9-18(17)21/h2,4-5,8-9,15H,1,3,6-7,10-14H2. The molecule has 3 nitrogen and oxygen atoms in total. The van der Waals surface area contributed by atoms with E-state index in [1.165, 1.54) is 36.9 Å². The van der Waals surface area contributed by atoms with E-state index in [-0.39, 0.29) is 5.91 Å². The van der Waals surface area contributed by atoms with Gasteiger partial charge < -0.3 is 4.90 Å². The summed E-state index contributed by atoms with van der Waals surface area (Å²) in [7, 11) is 0. The van der Waals surface area contributed by atoms with Crippen molar-refractivity contribution in [3.8, 4) is 0 Å². The van der Waals surface area contributed by atoms with Crippen LogP contribution in [-0.4, -0.2) is 35.0 Å². The molecule has 1 saturated heterocycles. The van der Waals surface area contributed by atoms with Crippen molar-refractivity contribution in [3.63, 3.8) is 0 Å². The number of hydrogen-bond acceptors (Lipinski definition) is 2. The lowest BCUT2D eigenvalue weighted by Gasteiger charge is -2.13. The summed E-state index contributed by atoms with van der Waals surface area (Å²) >= 11 is 0. The van der Waals surface area contributed by atoms with E-state index >= 15 is 0 Å². The first-order valence-corrected chi connectivity index (χ1v) is 8.25. The van der Waals surface area contributed by atoms with Gasteiger partial charge >= 0.3 is 0 Å². The van der Waals surface area contributed by atoms with Crippen molar-refractivity contribution >= 4 is 16.8 Å². The monoisotopic (exact) mass is 296 g/mol. The summed E-state index contributed by atoms with van der Waals surface area (Å²) in [4.78, 5) is 14.9. The number of fused-ring (bicyclic) bond motifs is 1. The Morgan fingerprint density at radius 1 is 1.23 bits per heavy atom. The van der Waals surface area contributed by atoms with Gasteiger partial charge in [0.25, 0.3) is 0 Å². The molecule has 1 fully saturated rings. The van der Waals surface area contributed by atoms with E-state index in [0.29, 0.717) is 6.42 Å². The Labute approximate surface area is 132 Å². The zero-order valence-electron chi connectivity index (χ0n) is 13.1. The lowest BCUT2D eigenvalue weighted by Crippen LogP contribution is -2.21. The Morgan fingerprint density at radius 2 is 2.00 bits per heavy atom. The van der Waals surface area contributed by atoms with Crippen LogP contribution in [0.25, 0.3) is 10.9 Å². The summed E-state index contributed by atoms with van der Waals surface area (Å²) in [6.07, 6.45) is 8.76. The Hall–Kier alpha value is -1.87. The van der Waals surface area contributed by atoms with Crippen LogP contribution in [0.3, 0.4) is 0 Å². The average Bonchev–Trinajstić information content (AvgIpc) is 3.18. The van der Waals surface area contributed by atoms with Gasteiger partial charge in [-0.3, -0.25) is 9.36 Å². The second-order valence-corrected chi connectivity index (χ2v) is 6.06. The summed E-state index contributed by atoms with van der Waals surface area (Å²) in [5.41, 5.74) is 2.32. The minimum Gasteiger partial charge on any atom is -0.303 e. The summed E-state index contributed by atoms with van der Waals surface area (Å²) < 4.78 is 1.83. The molecular weight excluding hydrogens is 272 g/mol. The van der Waals surface area contributed by atoms with Gasteiger partial charge in [-0.15, -0.1) is 6.58 Å².